The average molecular weight is 327 g/mol. The standard InChI is InChI=1S/C17H21N5O2/c1-3-13(17-20-14-6-4-5-7-15(14)21-17)19-16(23)11-24-10-12-8-9-18-22(12)2/h4-9,13H,3,10-11H2,1-2H3,(H,19,23)(H,20,21). The molecule has 1 aromatic carbocycles. The van der Waals surface area contributed by atoms with Crippen LogP contribution in [0.1, 0.15) is 30.9 Å². The fraction of sp³-hybridized carbons (Fsp3) is 0.353. The Bertz CT molecular complexity index is 790. The maximum Gasteiger partial charge on any atom is 0.246 e. The highest BCUT2D eigenvalue weighted by atomic mass is 16.5. The molecule has 0 saturated heterocycles. The molecule has 0 saturated carbocycles. The van der Waals surface area contributed by atoms with Gasteiger partial charge in [0.25, 0.3) is 0 Å². The molecule has 3 aromatic rings. The summed E-state index contributed by atoms with van der Waals surface area (Å²) in [6.07, 6.45) is 2.45. The summed E-state index contributed by atoms with van der Waals surface area (Å²) in [5.74, 6) is 0.600. The molecule has 1 atom stereocenters. The normalized spacial score (nSPS) is 12.4. The number of para-hydroxylation sites is 2. The number of fused-ring (bicyclic) bond motifs is 1. The molecule has 2 heterocycles. The number of aryl methyl sites for hydroxylation is 1. The molecular weight excluding hydrogens is 306 g/mol. The van der Waals surface area contributed by atoms with Crippen LogP contribution in [0.25, 0.3) is 11.0 Å². The molecule has 24 heavy (non-hydrogen) atoms. The lowest BCUT2D eigenvalue weighted by Gasteiger charge is -2.14. The van der Waals surface area contributed by atoms with Crippen molar-refractivity contribution in [2.75, 3.05) is 6.61 Å². The van der Waals surface area contributed by atoms with Crippen LogP contribution < -0.4 is 5.32 Å². The fourth-order valence-electron chi connectivity index (χ4n) is 2.53. The number of hydrogen-bond donors (Lipinski definition) is 2. The molecular formula is C17H21N5O2. The van der Waals surface area contributed by atoms with E-state index >= 15 is 0 Å². The summed E-state index contributed by atoms with van der Waals surface area (Å²) in [6, 6.07) is 9.51. The van der Waals surface area contributed by atoms with Gasteiger partial charge in [-0.2, -0.15) is 5.10 Å². The van der Waals surface area contributed by atoms with Gasteiger partial charge in [-0.1, -0.05) is 19.1 Å². The number of aromatic amines is 1. The average Bonchev–Trinajstić information content (AvgIpc) is 3.19. The Morgan fingerprint density at radius 3 is 2.92 bits per heavy atom. The molecule has 0 spiro atoms. The Morgan fingerprint density at radius 1 is 1.38 bits per heavy atom. The first-order valence-electron chi connectivity index (χ1n) is 7.96. The Labute approximate surface area is 140 Å². The van der Waals surface area contributed by atoms with Crippen LogP contribution in [-0.4, -0.2) is 32.3 Å². The van der Waals surface area contributed by atoms with E-state index in [0.717, 1.165) is 29.0 Å². The van der Waals surface area contributed by atoms with Crippen LogP contribution in [0.5, 0.6) is 0 Å². The van der Waals surface area contributed by atoms with Gasteiger partial charge in [0.1, 0.15) is 12.4 Å². The smallest absolute Gasteiger partial charge is 0.246 e. The zero-order chi connectivity index (χ0) is 16.9. The second kappa shape index (κ2) is 7.27. The van der Waals surface area contributed by atoms with E-state index in [0.29, 0.717) is 6.61 Å². The van der Waals surface area contributed by atoms with Crippen molar-refractivity contribution < 1.29 is 9.53 Å². The summed E-state index contributed by atoms with van der Waals surface area (Å²) in [5, 5.41) is 7.02. The Kier molecular flexibility index (Phi) is 4.90. The lowest BCUT2D eigenvalue weighted by molar-refractivity contribution is -0.127. The lowest BCUT2D eigenvalue weighted by Crippen LogP contribution is -2.32. The molecule has 7 nitrogen and oxygen atoms in total. The predicted octanol–water partition coefficient (Wildman–Crippen LogP) is 2.08. The summed E-state index contributed by atoms with van der Waals surface area (Å²) in [4.78, 5) is 19.9. The van der Waals surface area contributed by atoms with Crippen molar-refractivity contribution in [2.24, 2.45) is 7.05 Å². The van der Waals surface area contributed by atoms with E-state index in [1.807, 2.05) is 44.3 Å². The minimum atomic E-state index is -0.163. The van der Waals surface area contributed by atoms with Crippen molar-refractivity contribution in [1.29, 1.82) is 0 Å². The van der Waals surface area contributed by atoms with E-state index in [4.69, 9.17) is 4.74 Å². The Balaban J connectivity index is 1.56. The Morgan fingerprint density at radius 2 is 2.21 bits per heavy atom. The molecule has 0 bridgehead atoms. The second-order valence-corrected chi connectivity index (χ2v) is 5.61. The van der Waals surface area contributed by atoms with E-state index in [2.05, 4.69) is 20.4 Å². The molecule has 0 aliphatic heterocycles. The Hall–Kier alpha value is -2.67. The zero-order valence-electron chi connectivity index (χ0n) is 13.8. The summed E-state index contributed by atoms with van der Waals surface area (Å²) < 4.78 is 7.18. The van der Waals surface area contributed by atoms with Gasteiger partial charge in [0.2, 0.25) is 5.91 Å². The van der Waals surface area contributed by atoms with E-state index in [1.54, 1.807) is 10.9 Å². The van der Waals surface area contributed by atoms with Gasteiger partial charge in [-0.3, -0.25) is 9.48 Å². The molecule has 126 valence electrons. The molecule has 3 rings (SSSR count). The highest BCUT2D eigenvalue weighted by Crippen LogP contribution is 2.18. The molecule has 1 unspecified atom stereocenters. The number of aromatic nitrogens is 4. The molecule has 0 aliphatic carbocycles. The summed E-state index contributed by atoms with van der Waals surface area (Å²) >= 11 is 0. The van der Waals surface area contributed by atoms with E-state index in [-0.39, 0.29) is 18.6 Å². The maximum atomic E-state index is 12.1. The lowest BCUT2D eigenvalue weighted by atomic mass is 10.2. The van der Waals surface area contributed by atoms with Crippen molar-refractivity contribution >= 4 is 16.9 Å². The van der Waals surface area contributed by atoms with Crippen molar-refractivity contribution in [3.63, 3.8) is 0 Å². The van der Waals surface area contributed by atoms with Crippen LogP contribution in [0, 0.1) is 0 Å². The first kappa shape index (κ1) is 16.2. The zero-order valence-corrected chi connectivity index (χ0v) is 13.8. The predicted molar refractivity (Wildman–Crippen MR) is 90.1 cm³/mol. The van der Waals surface area contributed by atoms with Gasteiger partial charge in [0.05, 0.1) is 29.4 Å². The topological polar surface area (TPSA) is 84.8 Å². The van der Waals surface area contributed by atoms with Gasteiger partial charge in [0, 0.05) is 13.2 Å². The number of imidazole rings is 1. The van der Waals surface area contributed by atoms with Gasteiger partial charge in [0.15, 0.2) is 0 Å². The SMILES string of the molecule is CCC(NC(=O)COCc1ccnn1C)c1nc2ccccc2[nH]1. The van der Waals surface area contributed by atoms with Gasteiger partial charge in [-0.25, -0.2) is 4.98 Å². The number of hydrogen-bond acceptors (Lipinski definition) is 4. The third-order valence-electron chi connectivity index (χ3n) is 3.89. The quantitative estimate of drug-likeness (QED) is 0.696. The van der Waals surface area contributed by atoms with Gasteiger partial charge < -0.3 is 15.0 Å². The number of H-pyrrole nitrogens is 1. The minimum absolute atomic E-state index is 0.00189. The number of amides is 1. The molecule has 0 aliphatic rings. The monoisotopic (exact) mass is 327 g/mol. The highest BCUT2D eigenvalue weighted by molar-refractivity contribution is 5.78. The van der Waals surface area contributed by atoms with Crippen LogP contribution in [0.15, 0.2) is 36.5 Å². The van der Waals surface area contributed by atoms with E-state index in [9.17, 15) is 4.79 Å². The first-order chi connectivity index (χ1) is 11.7. The van der Waals surface area contributed by atoms with Crippen molar-refractivity contribution in [2.45, 2.75) is 26.0 Å². The third-order valence-corrected chi connectivity index (χ3v) is 3.89. The number of carbonyl (C=O) groups is 1. The molecule has 7 heteroatoms. The summed E-state index contributed by atoms with van der Waals surface area (Å²) in [5.41, 5.74) is 2.78. The van der Waals surface area contributed by atoms with Crippen LogP contribution in [0.4, 0.5) is 0 Å². The largest absolute Gasteiger partial charge is 0.365 e. The third kappa shape index (κ3) is 3.62. The molecule has 0 fully saturated rings. The van der Waals surface area contributed by atoms with Gasteiger partial charge >= 0.3 is 0 Å². The highest BCUT2D eigenvalue weighted by Gasteiger charge is 2.16. The second-order valence-electron chi connectivity index (χ2n) is 5.61. The minimum Gasteiger partial charge on any atom is -0.365 e. The number of nitrogens with one attached hydrogen (secondary N) is 2. The van der Waals surface area contributed by atoms with E-state index in [1.165, 1.54) is 0 Å². The number of rotatable bonds is 7. The maximum absolute atomic E-state index is 12.1. The fourth-order valence-corrected chi connectivity index (χ4v) is 2.53. The van der Waals surface area contributed by atoms with Crippen molar-refractivity contribution in [3.05, 3.63) is 48.0 Å². The number of ether oxygens (including phenoxy) is 1. The summed E-state index contributed by atoms with van der Waals surface area (Å²) in [7, 11) is 1.84. The molecule has 2 aromatic heterocycles. The van der Waals surface area contributed by atoms with Crippen LogP contribution in [0.2, 0.25) is 0 Å². The summed E-state index contributed by atoms with van der Waals surface area (Å²) in [6.45, 7) is 2.36. The van der Waals surface area contributed by atoms with Crippen LogP contribution >= 0.6 is 0 Å². The molecule has 2 N–H and O–H groups in total. The van der Waals surface area contributed by atoms with Gasteiger partial charge in [-0.15, -0.1) is 0 Å². The van der Waals surface area contributed by atoms with Crippen molar-refractivity contribution in [3.8, 4) is 0 Å². The number of benzene rings is 1. The first-order valence-corrected chi connectivity index (χ1v) is 7.96. The van der Waals surface area contributed by atoms with Crippen LogP contribution in [0.3, 0.4) is 0 Å². The van der Waals surface area contributed by atoms with Crippen LogP contribution in [-0.2, 0) is 23.2 Å². The van der Waals surface area contributed by atoms with E-state index < -0.39 is 0 Å². The number of carbonyl (C=O) groups excluding carboxylic acids is 1. The van der Waals surface area contributed by atoms with Gasteiger partial charge in [-0.05, 0) is 24.6 Å². The molecule has 1 amide bonds. The molecule has 0 radical (unpaired) electrons. The van der Waals surface area contributed by atoms with Crippen molar-refractivity contribution in [1.82, 2.24) is 25.1 Å². The number of nitrogens with zero attached hydrogens (tertiary/aromatic N) is 3.